The number of benzene rings is 1. The van der Waals surface area contributed by atoms with E-state index in [-0.39, 0.29) is 5.91 Å². The van der Waals surface area contributed by atoms with Crippen LogP contribution >= 0.6 is 11.3 Å². The number of carbonyl (C=O) groups is 1. The Hall–Kier alpha value is -1.79. The smallest absolute Gasteiger partial charge is 0.257 e. The summed E-state index contributed by atoms with van der Waals surface area (Å²) in [7, 11) is 0. The summed E-state index contributed by atoms with van der Waals surface area (Å²) in [4.78, 5) is 12.0. The maximum absolute atomic E-state index is 12.0. The van der Waals surface area contributed by atoms with Gasteiger partial charge in [0.2, 0.25) is 5.13 Å². The highest BCUT2D eigenvalue weighted by Crippen LogP contribution is 2.18. The number of nitrogens with two attached hydrogens (primary N) is 1. The molecule has 0 unspecified atom stereocenters. The van der Waals surface area contributed by atoms with Crippen LogP contribution < -0.4 is 11.1 Å². The fourth-order valence-corrected chi connectivity index (χ4v) is 2.47. The van der Waals surface area contributed by atoms with Gasteiger partial charge in [0.15, 0.2) is 0 Å². The summed E-state index contributed by atoms with van der Waals surface area (Å²) in [6.45, 7) is 2.60. The molecule has 0 bridgehead atoms. The second-order valence-electron chi connectivity index (χ2n) is 4.46. The normalized spacial score (nSPS) is 10.5. The van der Waals surface area contributed by atoms with Gasteiger partial charge in [-0.25, -0.2) is 0 Å². The largest absolute Gasteiger partial charge is 0.326 e. The summed E-state index contributed by atoms with van der Waals surface area (Å²) in [5.74, 6) is -0.174. The van der Waals surface area contributed by atoms with E-state index in [1.54, 1.807) is 12.1 Å². The van der Waals surface area contributed by atoms with Crippen molar-refractivity contribution in [3.63, 3.8) is 0 Å². The molecular formula is C14H18N4OS. The van der Waals surface area contributed by atoms with E-state index in [9.17, 15) is 4.79 Å². The number of hydrogen-bond donors (Lipinski definition) is 2. The second-order valence-corrected chi connectivity index (χ2v) is 5.52. The molecular weight excluding hydrogens is 272 g/mol. The van der Waals surface area contributed by atoms with Crippen LogP contribution in [0.1, 0.15) is 40.7 Å². The van der Waals surface area contributed by atoms with Gasteiger partial charge in [-0.3, -0.25) is 10.1 Å². The second kappa shape index (κ2) is 7.12. The van der Waals surface area contributed by atoms with Crippen LogP contribution in [-0.4, -0.2) is 16.1 Å². The summed E-state index contributed by atoms with van der Waals surface area (Å²) in [5.41, 5.74) is 7.11. The predicted molar refractivity (Wildman–Crippen MR) is 80.8 cm³/mol. The highest BCUT2D eigenvalue weighted by atomic mass is 32.1. The lowest BCUT2D eigenvalue weighted by Crippen LogP contribution is -2.11. The molecule has 0 fully saturated rings. The van der Waals surface area contributed by atoms with Crippen LogP contribution in [0.5, 0.6) is 0 Å². The van der Waals surface area contributed by atoms with Gasteiger partial charge >= 0.3 is 0 Å². The molecule has 1 aromatic carbocycles. The topological polar surface area (TPSA) is 80.9 Å². The predicted octanol–water partition coefficient (Wildman–Crippen LogP) is 2.59. The summed E-state index contributed by atoms with van der Waals surface area (Å²) in [6.07, 6.45) is 3.12. The van der Waals surface area contributed by atoms with Gasteiger partial charge in [0.05, 0.1) is 0 Å². The van der Waals surface area contributed by atoms with Crippen molar-refractivity contribution < 1.29 is 4.79 Å². The molecule has 6 heteroatoms. The maximum Gasteiger partial charge on any atom is 0.257 e. The summed E-state index contributed by atoms with van der Waals surface area (Å²) in [6, 6.07) is 7.22. The number of carbonyl (C=O) groups excluding carboxylic acids is 1. The van der Waals surface area contributed by atoms with Crippen LogP contribution in [0, 0.1) is 0 Å². The number of anilines is 1. The Bertz CT molecular complexity index is 565. The van der Waals surface area contributed by atoms with Crippen LogP contribution in [0.3, 0.4) is 0 Å². The number of aryl methyl sites for hydroxylation is 1. The first-order valence-corrected chi connectivity index (χ1v) is 7.47. The van der Waals surface area contributed by atoms with Crippen molar-refractivity contribution in [2.75, 3.05) is 5.32 Å². The molecule has 0 aliphatic carbocycles. The average molecular weight is 290 g/mol. The molecule has 106 valence electrons. The number of aromatic nitrogens is 2. The minimum absolute atomic E-state index is 0.174. The third kappa shape index (κ3) is 3.85. The zero-order valence-corrected chi connectivity index (χ0v) is 12.2. The third-order valence-electron chi connectivity index (χ3n) is 2.88. The van der Waals surface area contributed by atoms with Crippen LogP contribution in [-0.2, 0) is 13.0 Å². The van der Waals surface area contributed by atoms with Gasteiger partial charge in [0.1, 0.15) is 5.01 Å². The first-order chi connectivity index (χ1) is 9.72. The highest BCUT2D eigenvalue weighted by Gasteiger charge is 2.09. The summed E-state index contributed by atoms with van der Waals surface area (Å²) < 4.78 is 0. The zero-order valence-electron chi connectivity index (χ0n) is 11.4. The monoisotopic (exact) mass is 290 g/mol. The number of nitrogens with zero attached hydrogens (tertiary/aromatic N) is 2. The molecule has 0 aliphatic heterocycles. The van der Waals surface area contributed by atoms with Crippen LogP contribution in [0.25, 0.3) is 0 Å². The first-order valence-electron chi connectivity index (χ1n) is 6.65. The molecule has 0 saturated heterocycles. The Balaban J connectivity index is 1.97. The molecule has 0 saturated carbocycles. The lowest BCUT2D eigenvalue weighted by atomic mass is 10.1. The number of hydrogen-bond acceptors (Lipinski definition) is 5. The number of unbranched alkanes of at least 4 members (excludes halogenated alkanes) is 1. The number of amides is 1. The van der Waals surface area contributed by atoms with Gasteiger partial charge in [-0.2, -0.15) is 0 Å². The molecule has 0 spiro atoms. The fraction of sp³-hybridized carbons (Fsp3) is 0.357. The molecule has 1 aromatic heterocycles. The molecule has 20 heavy (non-hydrogen) atoms. The molecule has 1 amide bonds. The first kappa shape index (κ1) is 14.6. The Morgan fingerprint density at radius 1 is 1.30 bits per heavy atom. The minimum Gasteiger partial charge on any atom is -0.326 e. The zero-order chi connectivity index (χ0) is 14.4. The van der Waals surface area contributed by atoms with Gasteiger partial charge in [-0.15, -0.1) is 10.2 Å². The Morgan fingerprint density at radius 2 is 2.05 bits per heavy atom. The number of rotatable bonds is 6. The fourth-order valence-electron chi connectivity index (χ4n) is 1.69. The van der Waals surface area contributed by atoms with E-state index in [0.29, 0.717) is 17.2 Å². The van der Waals surface area contributed by atoms with Crippen LogP contribution in [0.4, 0.5) is 5.13 Å². The quantitative estimate of drug-likeness (QED) is 0.857. The SMILES string of the molecule is CCCCc1nnc(NC(=O)c2ccc(CN)cc2)s1. The van der Waals surface area contributed by atoms with Crippen LogP contribution in [0.15, 0.2) is 24.3 Å². The van der Waals surface area contributed by atoms with Crippen molar-refractivity contribution in [1.82, 2.24) is 10.2 Å². The van der Waals surface area contributed by atoms with E-state index in [0.717, 1.165) is 29.8 Å². The van der Waals surface area contributed by atoms with Gasteiger partial charge in [0, 0.05) is 18.5 Å². The lowest BCUT2D eigenvalue weighted by molar-refractivity contribution is 0.102. The molecule has 0 radical (unpaired) electrons. The highest BCUT2D eigenvalue weighted by molar-refractivity contribution is 7.15. The van der Waals surface area contributed by atoms with Gasteiger partial charge in [-0.05, 0) is 24.1 Å². The molecule has 3 N–H and O–H groups in total. The molecule has 1 heterocycles. The maximum atomic E-state index is 12.0. The van der Waals surface area contributed by atoms with E-state index in [1.807, 2.05) is 12.1 Å². The van der Waals surface area contributed by atoms with E-state index in [4.69, 9.17) is 5.73 Å². The van der Waals surface area contributed by atoms with Crippen LogP contribution in [0.2, 0.25) is 0 Å². The van der Waals surface area contributed by atoms with Gasteiger partial charge in [0.25, 0.3) is 5.91 Å². The van der Waals surface area contributed by atoms with Gasteiger partial charge < -0.3 is 5.73 Å². The molecule has 0 aliphatic rings. The van der Waals surface area contributed by atoms with E-state index in [2.05, 4.69) is 22.4 Å². The van der Waals surface area contributed by atoms with Crippen molar-refractivity contribution in [3.8, 4) is 0 Å². The summed E-state index contributed by atoms with van der Waals surface area (Å²) >= 11 is 1.43. The Kier molecular flexibility index (Phi) is 5.20. The van der Waals surface area contributed by atoms with Crippen molar-refractivity contribution in [2.24, 2.45) is 5.73 Å². The van der Waals surface area contributed by atoms with Crippen molar-refractivity contribution in [3.05, 3.63) is 40.4 Å². The van der Waals surface area contributed by atoms with Crippen molar-refractivity contribution in [1.29, 1.82) is 0 Å². The van der Waals surface area contributed by atoms with E-state index < -0.39 is 0 Å². The van der Waals surface area contributed by atoms with E-state index in [1.165, 1.54) is 11.3 Å². The number of nitrogens with one attached hydrogen (secondary N) is 1. The third-order valence-corrected chi connectivity index (χ3v) is 3.78. The molecule has 0 atom stereocenters. The molecule has 5 nitrogen and oxygen atoms in total. The minimum atomic E-state index is -0.174. The Morgan fingerprint density at radius 3 is 2.70 bits per heavy atom. The lowest BCUT2D eigenvalue weighted by Gasteiger charge is -2.02. The van der Waals surface area contributed by atoms with Crippen molar-refractivity contribution >= 4 is 22.4 Å². The molecule has 2 aromatic rings. The standard InChI is InChI=1S/C14H18N4OS/c1-2-3-4-12-17-18-14(20-12)16-13(19)11-7-5-10(9-15)6-8-11/h5-8H,2-4,9,15H2,1H3,(H,16,18,19). The van der Waals surface area contributed by atoms with Crippen molar-refractivity contribution in [2.45, 2.75) is 32.7 Å². The summed E-state index contributed by atoms with van der Waals surface area (Å²) in [5, 5.41) is 12.3. The Labute approximate surface area is 122 Å². The van der Waals surface area contributed by atoms with E-state index >= 15 is 0 Å². The van der Waals surface area contributed by atoms with Gasteiger partial charge in [-0.1, -0.05) is 36.8 Å². The average Bonchev–Trinajstić information content (AvgIpc) is 2.92. The molecule has 2 rings (SSSR count).